The van der Waals surface area contributed by atoms with Crippen molar-refractivity contribution in [2.45, 2.75) is 19.9 Å². The van der Waals surface area contributed by atoms with Crippen LogP contribution >= 0.6 is 11.3 Å². The molecule has 3 nitrogen and oxygen atoms in total. The summed E-state index contributed by atoms with van der Waals surface area (Å²) in [6.45, 7) is 6.68. The normalized spacial score (nSPS) is 13.3. The lowest BCUT2D eigenvalue weighted by Gasteiger charge is -2.29. The number of carbonyl (C=O) groups is 1. The van der Waals surface area contributed by atoms with Gasteiger partial charge in [-0.2, -0.15) is 0 Å². The minimum atomic E-state index is 0.229. The van der Waals surface area contributed by atoms with Gasteiger partial charge in [0.2, 0.25) is 0 Å². The zero-order valence-electron chi connectivity index (χ0n) is 11.1. The molecule has 96 valence electrons. The Balaban J connectivity index is 2.54. The fourth-order valence-electron chi connectivity index (χ4n) is 1.92. The van der Waals surface area contributed by atoms with E-state index in [-0.39, 0.29) is 5.78 Å². The van der Waals surface area contributed by atoms with E-state index in [0.29, 0.717) is 12.6 Å². The second-order valence-electron chi connectivity index (χ2n) is 4.57. The highest BCUT2D eigenvalue weighted by atomic mass is 32.1. The van der Waals surface area contributed by atoms with Gasteiger partial charge < -0.3 is 4.90 Å². The van der Waals surface area contributed by atoms with E-state index in [0.717, 1.165) is 18.0 Å². The van der Waals surface area contributed by atoms with Gasteiger partial charge >= 0.3 is 0 Å². The Morgan fingerprint density at radius 3 is 2.65 bits per heavy atom. The first-order chi connectivity index (χ1) is 8.04. The van der Waals surface area contributed by atoms with Gasteiger partial charge in [0.1, 0.15) is 0 Å². The molecule has 0 radical (unpaired) electrons. The van der Waals surface area contributed by atoms with Crippen molar-refractivity contribution < 1.29 is 4.79 Å². The van der Waals surface area contributed by atoms with Crippen LogP contribution < -0.4 is 0 Å². The van der Waals surface area contributed by atoms with Crippen molar-refractivity contribution in [2.24, 2.45) is 0 Å². The van der Waals surface area contributed by atoms with E-state index in [1.54, 1.807) is 0 Å². The molecule has 1 rings (SSSR count). The van der Waals surface area contributed by atoms with Gasteiger partial charge in [-0.15, -0.1) is 11.3 Å². The molecule has 0 bridgehead atoms. The number of nitrogens with zero attached hydrogens (tertiary/aromatic N) is 2. The predicted octanol–water partition coefficient (Wildman–Crippen LogP) is 2.20. The average molecular weight is 254 g/mol. The quantitative estimate of drug-likeness (QED) is 0.697. The topological polar surface area (TPSA) is 23.6 Å². The SMILES string of the molecule is CCN(CC(=O)c1cccs1)C(C)CN(C)C. The molecular weight excluding hydrogens is 232 g/mol. The lowest BCUT2D eigenvalue weighted by molar-refractivity contribution is 0.0892. The standard InChI is InChI=1S/C13H22N2OS/c1-5-15(11(2)9-14(3)4)10-12(16)13-7-6-8-17-13/h6-8,11H,5,9-10H2,1-4H3. The summed E-state index contributed by atoms with van der Waals surface area (Å²) in [7, 11) is 4.12. The van der Waals surface area contributed by atoms with E-state index in [9.17, 15) is 4.79 Å². The van der Waals surface area contributed by atoms with Crippen molar-refractivity contribution in [1.29, 1.82) is 0 Å². The van der Waals surface area contributed by atoms with Crippen LogP contribution in [0.5, 0.6) is 0 Å². The lowest BCUT2D eigenvalue weighted by atomic mass is 10.2. The molecule has 0 N–H and O–H groups in total. The molecule has 0 aliphatic heterocycles. The largest absolute Gasteiger partial charge is 0.308 e. The molecule has 0 amide bonds. The molecular formula is C13H22N2OS. The third-order valence-corrected chi connectivity index (χ3v) is 3.71. The van der Waals surface area contributed by atoms with Crippen molar-refractivity contribution in [3.63, 3.8) is 0 Å². The molecule has 4 heteroatoms. The first-order valence-electron chi connectivity index (χ1n) is 6.00. The summed E-state index contributed by atoms with van der Waals surface area (Å²) in [4.78, 5) is 17.3. The van der Waals surface area contributed by atoms with Crippen LogP contribution in [-0.2, 0) is 0 Å². The maximum Gasteiger partial charge on any atom is 0.186 e. The molecule has 1 heterocycles. The summed E-state index contributed by atoms with van der Waals surface area (Å²) in [6, 6.07) is 4.23. The predicted molar refractivity (Wildman–Crippen MR) is 73.9 cm³/mol. The van der Waals surface area contributed by atoms with Gasteiger partial charge in [0.05, 0.1) is 11.4 Å². The van der Waals surface area contributed by atoms with Crippen LogP contribution in [0, 0.1) is 0 Å². The van der Waals surface area contributed by atoms with Crippen LogP contribution in [0.15, 0.2) is 17.5 Å². The number of likely N-dealkylation sites (N-methyl/N-ethyl adjacent to an activating group) is 2. The van der Waals surface area contributed by atoms with Crippen LogP contribution in [0.4, 0.5) is 0 Å². The number of ketones is 1. The second-order valence-corrected chi connectivity index (χ2v) is 5.52. The highest BCUT2D eigenvalue weighted by Crippen LogP contribution is 2.11. The Labute approximate surface area is 108 Å². The maximum atomic E-state index is 12.0. The van der Waals surface area contributed by atoms with Gasteiger partial charge in [0.25, 0.3) is 0 Å². The van der Waals surface area contributed by atoms with Gasteiger partial charge in [-0.25, -0.2) is 0 Å². The Morgan fingerprint density at radius 2 is 2.18 bits per heavy atom. The molecule has 1 unspecified atom stereocenters. The van der Waals surface area contributed by atoms with Crippen LogP contribution in [0.3, 0.4) is 0 Å². The van der Waals surface area contributed by atoms with E-state index in [1.165, 1.54) is 11.3 Å². The van der Waals surface area contributed by atoms with E-state index in [2.05, 4.69) is 37.7 Å². The first-order valence-corrected chi connectivity index (χ1v) is 6.88. The van der Waals surface area contributed by atoms with Crippen molar-refractivity contribution in [1.82, 2.24) is 9.80 Å². The fraction of sp³-hybridized carbons (Fsp3) is 0.615. The smallest absolute Gasteiger partial charge is 0.186 e. The summed E-state index contributed by atoms with van der Waals surface area (Å²) >= 11 is 1.52. The third kappa shape index (κ3) is 4.58. The summed E-state index contributed by atoms with van der Waals surface area (Å²) in [5.74, 6) is 0.229. The summed E-state index contributed by atoms with van der Waals surface area (Å²) in [5, 5.41) is 1.95. The molecule has 17 heavy (non-hydrogen) atoms. The van der Waals surface area contributed by atoms with Gasteiger partial charge in [-0.05, 0) is 39.0 Å². The Bertz CT molecular complexity index is 335. The monoisotopic (exact) mass is 254 g/mol. The molecule has 0 saturated heterocycles. The zero-order valence-corrected chi connectivity index (χ0v) is 12.0. The van der Waals surface area contributed by atoms with Crippen molar-refractivity contribution in [2.75, 3.05) is 33.7 Å². The van der Waals surface area contributed by atoms with Gasteiger partial charge in [0.15, 0.2) is 5.78 Å². The van der Waals surface area contributed by atoms with Crippen LogP contribution in [0.1, 0.15) is 23.5 Å². The molecule has 1 atom stereocenters. The third-order valence-electron chi connectivity index (χ3n) is 2.80. The number of hydrogen-bond acceptors (Lipinski definition) is 4. The molecule has 1 aromatic heterocycles. The minimum absolute atomic E-state index is 0.229. The maximum absolute atomic E-state index is 12.0. The number of Topliss-reactive ketones (excluding diaryl/α,β-unsaturated/α-hetero) is 1. The molecule has 0 aliphatic carbocycles. The van der Waals surface area contributed by atoms with Crippen LogP contribution in [0.25, 0.3) is 0 Å². The highest BCUT2D eigenvalue weighted by molar-refractivity contribution is 7.12. The molecule has 0 spiro atoms. The second kappa shape index (κ2) is 6.89. The number of hydrogen-bond donors (Lipinski definition) is 0. The van der Waals surface area contributed by atoms with Crippen molar-refractivity contribution in [3.05, 3.63) is 22.4 Å². The average Bonchev–Trinajstić information content (AvgIpc) is 2.77. The van der Waals surface area contributed by atoms with Gasteiger partial charge in [0, 0.05) is 12.6 Å². The molecule has 1 aromatic rings. The number of carbonyl (C=O) groups excluding carboxylic acids is 1. The van der Waals surface area contributed by atoms with Crippen molar-refractivity contribution >= 4 is 17.1 Å². The Kier molecular flexibility index (Phi) is 5.82. The molecule has 0 fully saturated rings. The highest BCUT2D eigenvalue weighted by Gasteiger charge is 2.17. The zero-order chi connectivity index (χ0) is 12.8. The van der Waals surface area contributed by atoms with E-state index in [4.69, 9.17) is 0 Å². The Hall–Kier alpha value is -0.710. The molecule has 0 aliphatic rings. The van der Waals surface area contributed by atoms with Crippen LogP contribution in [-0.4, -0.2) is 55.4 Å². The number of rotatable bonds is 7. The lowest BCUT2D eigenvalue weighted by Crippen LogP contribution is -2.42. The first kappa shape index (κ1) is 14.4. The number of thiophene rings is 1. The fourth-order valence-corrected chi connectivity index (χ4v) is 2.58. The summed E-state index contributed by atoms with van der Waals surface area (Å²) in [5.41, 5.74) is 0. The van der Waals surface area contributed by atoms with Gasteiger partial charge in [-0.1, -0.05) is 13.0 Å². The van der Waals surface area contributed by atoms with Gasteiger partial charge in [-0.3, -0.25) is 9.69 Å². The Morgan fingerprint density at radius 1 is 1.47 bits per heavy atom. The van der Waals surface area contributed by atoms with Crippen molar-refractivity contribution in [3.8, 4) is 0 Å². The van der Waals surface area contributed by atoms with E-state index >= 15 is 0 Å². The molecule has 0 saturated carbocycles. The summed E-state index contributed by atoms with van der Waals surface area (Å²) in [6.07, 6.45) is 0. The minimum Gasteiger partial charge on any atom is -0.308 e. The van der Waals surface area contributed by atoms with E-state index < -0.39 is 0 Å². The van der Waals surface area contributed by atoms with E-state index in [1.807, 2.05) is 17.5 Å². The van der Waals surface area contributed by atoms with Crippen LogP contribution in [0.2, 0.25) is 0 Å². The molecule has 0 aromatic carbocycles. The summed E-state index contributed by atoms with van der Waals surface area (Å²) < 4.78 is 0.